The van der Waals surface area contributed by atoms with Gasteiger partial charge in [0, 0.05) is 6.07 Å². The van der Waals surface area contributed by atoms with Crippen LogP contribution < -0.4 is 5.23 Å². The van der Waals surface area contributed by atoms with E-state index >= 15 is 0 Å². The summed E-state index contributed by atoms with van der Waals surface area (Å²) in [5.74, 6) is -0.148. The van der Waals surface area contributed by atoms with Crippen LogP contribution in [0.1, 0.15) is 10.6 Å². The third-order valence-corrected chi connectivity index (χ3v) is 0.926. The molecule has 0 spiro atoms. The van der Waals surface area contributed by atoms with Crippen LogP contribution in [0.2, 0.25) is 0 Å². The lowest BCUT2D eigenvalue weighted by atomic mass is 10.5. The third kappa shape index (κ3) is 1.15. The van der Waals surface area contributed by atoms with Crippen LogP contribution >= 0.6 is 0 Å². The third-order valence-electron chi connectivity index (χ3n) is 0.926. The molecule has 0 fully saturated rings. The maximum absolute atomic E-state index is 9.97. The van der Waals surface area contributed by atoms with E-state index < -0.39 is 0 Å². The number of hydrogen-bond donors (Lipinski definition) is 2. The van der Waals surface area contributed by atoms with Crippen molar-refractivity contribution in [3.8, 4) is 0 Å². The summed E-state index contributed by atoms with van der Waals surface area (Å²) in [6.07, 6.45) is 0.465. The fraction of sp³-hybridized carbons (Fsp3) is 0. The molecular weight excluding hydrogens is 138 g/mol. The normalized spacial score (nSPS) is 9.40. The van der Waals surface area contributed by atoms with E-state index in [4.69, 9.17) is 10.4 Å². The Morgan fingerprint density at radius 1 is 1.50 bits per heavy atom. The second kappa shape index (κ2) is 2.51. The van der Waals surface area contributed by atoms with Gasteiger partial charge in [-0.25, -0.2) is 0 Å². The monoisotopic (exact) mass is 143 g/mol. The van der Waals surface area contributed by atoms with E-state index in [-0.39, 0.29) is 16.9 Å². The highest BCUT2D eigenvalue weighted by Crippen LogP contribution is 2.13. The number of nitrogens with zero attached hydrogens (tertiary/aromatic N) is 1. The van der Waals surface area contributed by atoms with E-state index in [0.717, 1.165) is 0 Å². The van der Waals surface area contributed by atoms with Gasteiger partial charge in [0.1, 0.15) is 0 Å². The summed E-state index contributed by atoms with van der Waals surface area (Å²) in [5.41, 5.74) is 0. The van der Waals surface area contributed by atoms with Crippen LogP contribution in [0, 0.1) is 0 Å². The van der Waals surface area contributed by atoms with Gasteiger partial charge < -0.3 is 4.42 Å². The average Bonchev–Trinajstić information content (AvgIpc) is 2.34. The molecule has 0 aliphatic rings. The van der Waals surface area contributed by atoms with Gasteiger partial charge in [0.05, 0.1) is 0 Å². The predicted octanol–water partition coefficient (Wildman–Crippen LogP) is 0.677. The topological polar surface area (TPSA) is 73.9 Å². The summed E-state index contributed by atoms with van der Waals surface area (Å²) in [6.45, 7) is 0. The average molecular weight is 143 g/mol. The molecule has 2 N–H and O–H groups in total. The van der Waals surface area contributed by atoms with Gasteiger partial charge in [-0.3, -0.25) is 15.2 Å². The van der Waals surface area contributed by atoms with Gasteiger partial charge in [-0.15, -0.1) is 0 Å². The molecule has 0 unspecified atom stereocenters. The van der Waals surface area contributed by atoms with Crippen molar-refractivity contribution >= 4 is 12.2 Å². The zero-order chi connectivity index (χ0) is 7.56. The molecule has 1 rings (SSSR count). The van der Waals surface area contributed by atoms with E-state index in [1.165, 1.54) is 12.1 Å². The molecule has 54 valence electrons. The maximum atomic E-state index is 9.97. The number of hydrogen-bond acceptors (Lipinski definition) is 5. The van der Waals surface area contributed by atoms with Crippen LogP contribution in [-0.4, -0.2) is 16.7 Å². The van der Waals surface area contributed by atoms with Crippen LogP contribution in [0.5, 0.6) is 0 Å². The molecule has 0 bridgehead atoms. The van der Waals surface area contributed by atoms with E-state index in [0.29, 0.717) is 6.29 Å². The molecule has 0 amide bonds. The minimum absolute atomic E-state index is 0.0445. The maximum Gasteiger partial charge on any atom is 0.247 e. The first-order valence-electron chi connectivity index (χ1n) is 2.47. The second-order valence-electron chi connectivity index (χ2n) is 1.58. The van der Waals surface area contributed by atoms with Crippen LogP contribution in [0.4, 0.5) is 5.88 Å². The Morgan fingerprint density at radius 2 is 2.20 bits per heavy atom. The zero-order valence-electron chi connectivity index (χ0n) is 4.89. The molecule has 0 aromatic carbocycles. The molecular formula is C5H5NO4. The Bertz CT molecular complexity index is 229. The first-order valence-corrected chi connectivity index (χ1v) is 2.47. The zero-order valence-corrected chi connectivity index (χ0v) is 4.89. The van der Waals surface area contributed by atoms with Gasteiger partial charge in [-0.1, -0.05) is 5.23 Å². The molecule has 10 heavy (non-hydrogen) atoms. The van der Waals surface area contributed by atoms with Crippen molar-refractivity contribution in [1.29, 1.82) is 0 Å². The molecule has 0 saturated heterocycles. The molecule has 1 aromatic rings. The lowest BCUT2D eigenvalue weighted by Gasteiger charge is -2.00. The summed E-state index contributed by atoms with van der Waals surface area (Å²) in [7, 11) is 0. The van der Waals surface area contributed by atoms with Gasteiger partial charge in [0.15, 0.2) is 12.0 Å². The van der Waals surface area contributed by atoms with Crippen LogP contribution in [0.3, 0.4) is 0 Å². The van der Waals surface area contributed by atoms with Gasteiger partial charge in [0.2, 0.25) is 5.88 Å². The summed E-state index contributed by atoms with van der Waals surface area (Å²) in [5, 5.41) is 16.4. The summed E-state index contributed by atoms with van der Waals surface area (Å²) in [6, 6.07) is 2.57. The number of aldehydes is 1. The van der Waals surface area contributed by atoms with Crippen LogP contribution in [-0.2, 0) is 0 Å². The number of carbonyl (C=O) groups is 1. The Labute approximate surface area is 56.0 Å². The molecule has 0 aliphatic carbocycles. The summed E-state index contributed by atoms with van der Waals surface area (Å²) < 4.78 is 4.55. The number of furan rings is 1. The molecule has 0 atom stereocenters. The van der Waals surface area contributed by atoms with Crippen molar-refractivity contribution < 1.29 is 19.6 Å². The fourth-order valence-corrected chi connectivity index (χ4v) is 0.513. The summed E-state index contributed by atoms with van der Waals surface area (Å²) >= 11 is 0. The predicted molar refractivity (Wildman–Crippen MR) is 30.1 cm³/mol. The molecule has 1 heterocycles. The van der Waals surface area contributed by atoms with Gasteiger partial charge in [-0.05, 0) is 6.07 Å². The molecule has 1 aromatic heterocycles. The first-order chi connectivity index (χ1) is 4.74. The molecule has 0 saturated carbocycles. The molecule has 5 heteroatoms. The lowest BCUT2D eigenvalue weighted by Crippen LogP contribution is -2.09. The highest BCUT2D eigenvalue weighted by Gasteiger charge is 2.03. The van der Waals surface area contributed by atoms with E-state index in [2.05, 4.69) is 4.42 Å². The first kappa shape index (κ1) is 6.79. The Balaban J connectivity index is 2.88. The van der Waals surface area contributed by atoms with Crippen molar-refractivity contribution in [2.75, 3.05) is 5.23 Å². The Kier molecular flexibility index (Phi) is 1.70. The van der Waals surface area contributed by atoms with Crippen molar-refractivity contribution in [2.45, 2.75) is 0 Å². The van der Waals surface area contributed by atoms with Crippen molar-refractivity contribution in [3.05, 3.63) is 17.9 Å². The SMILES string of the molecule is O=Cc1ccc(N(O)O)o1. The Hall–Kier alpha value is -1.33. The van der Waals surface area contributed by atoms with E-state index in [1.807, 2.05) is 0 Å². The second-order valence-corrected chi connectivity index (χ2v) is 1.58. The van der Waals surface area contributed by atoms with Crippen LogP contribution in [0.25, 0.3) is 0 Å². The Morgan fingerprint density at radius 3 is 2.50 bits per heavy atom. The molecule has 0 radical (unpaired) electrons. The summed E-state index contributed by atoms with van der Waals surface area (Å²) in [4.78, 5) is 9.97. The molecule has 0 aliphatic heterocycles. The number of rotatable bonds is 2. The van der Waals surface area contributed by atoms with Gasteiger partial charge >= 0.3 is 0 Å². The number of carbonyl (C=O) groups excluding carboxylic acids is 1. The quantitative estimate of drug-likeness (QED) is 0.470. The minimum Gasteiger partial charge on any atom is -0.433 e. The lowest BCUT2D eigenvalue weighted by molar-refractivity contribution is 0.0172. The smallest absolute Gasteiger partial charge is 0.247 e. The van der Waals surface area contributed by atoms with Crippen molar-refractivity contribution in [2.24, 2.45) is 0 Å². The van der Waals surface area contributed by atoms with Crippen molar-refractivity contribution in [3.63, 3.8) is 0 Å². The number of anilines is 1. The minimum atomic E-state index is -0.201. The van der Waals surface area contributed by atoms with Crippen LogP contribution in [0.15, 0.2) is 16.5 Å². The fourth-order valence-electron chi connectivity index (χ4n) is 0.513. The standard InChI is InChI=1S/C5H5NO4/c7-3-4-1-2-5(10-4)6(8)9/h1-3,8-9H. The highest BCUT2D eigenvalue weighted by atomic mass is 16.8. The van der Waals surface area contributed by atoms with Gasteiger partial charge in [-0.2, -0.15) is 0 Å². The van der Waals surface area contributed by atoms with Gasteiger partial charge in [0.25, 0.3) is 0 Å². The largest absolute Gasteiger partial charge is 0.433 e. The van der Waals surface area contributed by atoms with Crippen molar-refractivity contribution in [1.82, 2.24) is 0 Å². The highest BCUT2D eigenvalue weighted by molar-refractivity contribution is 5.71. The molecule has 5 nitrogen and oxygen atoms in total. The van der Waals surface area contributed by atoms with E-state index in [1.54, 1.807) is 0 Å². The van der Waals surface area contributed by atoms with E-state index in [9.17, 15) is 4.79 Å².